The van der Waals surface area contributed by atoms with Crippen LogP contribution in [0.5, 0.6) is 0 Å². The predicted molar refractivity (Wildman–Crippen MR) is 104 cm³/mol. The largest absolute Gasteiger partial charge is 0.388 e. The summed E-state index contributed by atoms with van der Waals surface area (Å²) >= 11 is 1.70. The summed E-state index contributed by atoms with van der Waals surface area (Å²) in [5.74, 6) is 5.87. The molecule has 2 aromatic rings. The van der Waals surface area contributed by atoms with E-state index >= 15 is 0 Å². The van der Waals surface area contributed by atoms with Crippen LogP contribution in [0.1, 0.15) is 48.5 Å². The average molecular weight is 369 g/mol. The highest BCUT2D eigenvalue weighted by Crippen LogP contribution is 2.20. The fourth-order valence-electron chi connectivity index (χ4n) is 2.45. The molecule has 0 aliphatic rings. The minimum Gasteiger partial charge on any atom is -0.388 e. The summed E-state index contributed by atoms with van der Waals surface area (Å²) in [6.07, 6.45) is 3.65. The third-order valence-corrected chi connectivity index (χ3v) is 4.74. The number of unbranched alkanes of at least 4 members (excludes halogenated alkanes) is 1. The van der Waals surface area contributed by atoms with Gasteiger partial charge in [0.1, 0.15) is 0 Å². The van der Waals surface area contributed by atoms with Gasteiger partial charge in [0.15, 0.2) is 0 Å². The van der Waals surface area contributed by atoms with E-state index in [0.29, 0.717) is 19.3 Å². The van der Waals surface area contributed by atoms with Crippen molar-refractivity contribution in [2.75, 3.05) is 6.26 Å². The number of nitrogens with one attached hydrogen (secondary N) is 1. The van der Waals surface area contributed by atoms with Crippen LogP contribution in [0.15, 0.2) is 53.4 Å². The monoisotopic (exact) mass is 369 g/mol. The van der Waals surface area contributed by atoms with Gasteiger partial charge in [-0.3, -0.25) is 10.0 Å². The first-order valence-electron chi connectivity index (χ1n) is 8.49. The second-order valence-electron chi connectivity index (χ2n) is 5.90. The molecule has 0 fully saturated rings. The normalized spacial score (nSPS) is 11.3. The lowest BCUT2D eigenvalue weighted by Gasteiger charge is -2.10. The topological polar surface area (TPSA) is 69.6 Å². The van der Waals surface area contributed by atoms with E-state index in [4.69, 9.17) is 5.21 Å². The summed E-state index contributed by atoms with van der Waals surface area (Å²) in [5, 5.41) is 18.6. The fourth-order valence-corrected chi connectivity index (χ4v) is 2.86. The maximum absolute atomic E-state index is 10.9. The van der Waals surface area contributed by atoms with Gasteiger partial charge in [-0.25, -0.2) is 5.48 Å². The molecule has 2 aromatic carbocycles. The summed E-state index contributed by atoms with van der Waals surface area (Å²) in [4.78, 5) is 12.1. The van der Waals surface area contributed by atoms with Crippen LogP contribution >= 0.6 is 11.8 Å². The third kappa shape index (κ3) is 6.57. The van der Waals surface area contributed by atoms with Crippen LogP contribution in [-0.4, -0.2) is 22.5 Å². The molecule has 136 valence electrons. The molecule has 0 heterocycles. The average Bonchev–Trinajstić information content (AvgIpc) is 2.70. The Morgan fingerprint density at radius 2 is 1.62 bits per heavy atom. The Hall–Kier alpha value is -2.26. The fraction of sp³-hybridized carbons (Fsp3) is 0.286. The number of hydrogen-bond acceptors (Lipinski definition) is 4. The molecule has 5 heteroatoms. The maximum atomic E-state index is 10.9. The molecular weight excluding hydrogens is 346 g/mol. The standard InChI is InChI=1S/C21H23NO3S/c1-26-19-14-10-17(11-15-19)7-6-16-8-12-18(13-9-16)20(23)4-2-3-5-21(24)22-25/h8-15,20,23,25H,2-5H2,1H3,(H,22,24)/t20-/m1/s1. The van der Waals surface area contributed by atoms with E-state index in [1.54, 1.807) is 17.2 Å². The lowest BCUT2D eigenvalue weighted by molar-refractivity contribution is -0.129. The summed E-state index contributed by atoms with van der Waals surface area (Å²) < 4.78 is 0. The van der Waals surface area contributed by atoms with Crippen molar-refractivity contribution in [2.45, 2.75) is 36.7 Å². The van der Waals surface area contributed by atoms with Crippen molar-refractivity contribution in [3.8, 4) is 11.8 Å². The van der Waals surface area contributed by atoms with Gasteiger partial charge < -0.3 is 5.11 Å². The van der Waals surface area contributed by atoms with E-state index in [0.717, 1.165) is 16.7 Å². The van der Waals surface area contributed by atoms with Crippen LogP contribution in [0.25, 0.3) is 0 Å². The molecule has 0 spiro atoms. The highest BCUT2D eigenvalue weighted by Gasteiger charge is 2.07. The van der Waals surface area contributed by atoms with Crippen molar-refractivity contribution in [3.63, 3.8) is 0 Å². The van der Waals surface area contributed by atoms with Crippen LogP contribution in [0.4, 0.5) is 0 Å². The number of hydroxylamine groups is 1. The second-order valence-corrected chi connectivity index (χ2v) is 6.78. The molecule has 3 N–H and O–H groups in total. The van der Waals surface area contributed by atoms with Gasteiger partial charge in [-0.1, -0.05) is 30.4 Å². The lowest BCUT2D eigenvalue weighted by Crippen LogP contribution is -2.17. The molecule has 0 radical (unpaired) electrons. The first-order valence-corrected chi connectivity index (χ1v) is 9.72. The van der Waals surface area contributed by atoms with Crippen molar-refractivity contribution in [1.82, 2.24) is 5.48 Å². The zero-order valence-electron chi connectivity index (χ0n) is 14.7. The summed E-state index contributed by atoms with van der Waals surface area (Å²) in [7, 11) is 0. The molecule has 1 amide bonds. The highest BCUT2D eigenvalue weighted by atomic mass is 32.2. The van der Waals surface area contributed by atoms with E-state index in [9.17, 15) is 9.90 Å². The Morgan fingerprint density at radius 3 is 2.15 bits per heavy atom. The number of hydrogen-bond donors (Lipinski definition) is 3. The van der Waals surface area contributed by atoms with Crippen LogP contribution < -0.4 is 5.48 Å². The number of carbonyl (C=O) groups is 1. The Morgan fingerprint density at radius 1 is 1.04 bits per heavy atom. The minimum atomic E-state index is -0.562. The smallest absolute Gasteiger partial charge is 0.243 e. The highest BCUT2D eigenvalue weighted by molar-refractivity contribution is 7.98. The van der Waals surface area contributed by atoms with Crippen LogP contribution in [0.2, 0.25) is 0 Å². The molecule has 0 saturated carbocycles. The molecule has 0 bridgehead atoms. The van der Waals surface area contributed by atoms with Crippen molar-refractivity contribution in [3.05, 3.63) is 65.2 Å². The van der Waals surface area contributed by atoms with Gasteiger partial charge in [-0.15, -0.1) is 11.8 Å². The molecule has 2 rings (SSSR count). The number of aliphatic hydroxyl groups excluding tert-OH is 1. The lowest BCUT2D eigenvalue weighted by atomic mass is 10.0. The quantitative estimate of drug-likeness (QED) is 0.228. The zero-order chi connectivity index (χ0) is 18.8. The number of thioether (sulfide) groups is 1. The number of amides is 1. The first-order chi connectivity index (χ1) is 12.6. The Bertz CT molecular complexity index is 761. The van der Waals surface area contributed by atoms with Gasteiger partial charge in [0, 0.05) is 22.4 Å². The minimum absolute atomic E-state index is 0.260. The zero-order valence-corrected chi connectivity index (χ0v) is 15.6. The molecule has 0 saturated heterocycles. The molecule has 0 aliphatic carbocycles. The van der Waals surface area contributed by atoms with Crippen LogP contribution in [-0.2, 0) is 4.79 Å². The van der Waals surface area contributed by atoms with Gasteiger partial charge >= 0.3 is 0 Å². The van der Waals surface area contributed by atoms with Crippen molar-refractivity contribution < 1.29 is 15.1 Å². The summed E-state index contributed by atoms with van der Waals surface area (Å²) in [6.45, 7) is 0. The summed E-state index contributed by atoms with van der Waals surface area (Å²) in [6, 6.07) is 15.7. The molecule has 26 heavy (non-hydrogen) atoms. The Labute approximate surface area is 158 Å². The maximum Gasteiger partial charge on any atom is 0.243 e. The predicted octanol–water partition coefficient (Wildman–Crippen LogP) is 3.91. The SMILES string of the molecule is CSc1ccc(C#Cc2ccc([C@H](O)CCCCC(=O)NO)cc2)cc1. The third-order valence-electron chi connectivity index (χ3n) is 3.99. The van der Waals surface area contributed by atoms with Crippen molar-refractivity contribution >= 4 is 17.7 Å². The number of benzene rings is 2. The summed E-state index contributed by atoms with van der Waals surface area (Å²) in [5.41, 5.74) is 4.31. The van der Waals surface area contributed by atoms with Crippen molar-refractivity contribution in [1.29, 1.82) is 0 Å². The molecule has 0 aliphatic heterocycles. The molecule has 0 aromatic heterocycles. The van der Waals surface area contributed by atoms with Gasteiger partial charge in [0.25, 0.3) is 0 Å². The molecule has 4 nitrogen and oxygen atoms in total. The van der Waals surface area contributed by atoms with E-state index < -0.39 is 12.0 Å². The Kier molecular flexibility index (Phi) is 8.23. The van der Waals surface area contributed by atoms with Gasteiger partial charge in [-0.2, -0.15) is 0 Å². The Balaban J connectivity index is 1.87. The molecule has 1 atom stereocenters. The first kappa shape index (κ1) is 20.1. The van der Waals surface area contributed by atoms with Gasteiger partial charge in [-0.05, 0) is 61.1 Å². The number of carbonyl (C=O) groups excluding carboxylic acids is 1. The molecule has 0 unspecified atom stereocenters. The van der Waals surface area contributed by atoms with Crippen molar-refractivity contribution in [2.24, 2.45) is 0 Å². The van der Waals surface area contributed by atoms with E-state index in [1.165, 1.54) is 4.90 Å². The molecular formula is C21H23NO3S. The number of aliphatic hydroxyl groups is 1. The van der Waals surface area contributed by atoms with Gasteiger partial charge in [0.05, 0.1) is 6.10 Å². The number of rotatable bonds is 7. The van der Waals surface area contributed by atoms with E-state index in [2.05, 4.69) is 24.0 Å². The van der Waals surface area contributed by atoms with E-state index in [-0.39, 0.29) is 6.42 Å². The van der Waals surface area contributed by atoms with E-state index in [1.807, 2.05) is 42.7 Å². The second kappa shape index (κ2) is 10.7. The van der Waals surface area contributed by atoms with Crippen LogP contribution in [0, 0.1) is 11.8 Å². The van der Waals surface area contributed by atoms with Gasteiger partial charge in [0.2, 0.25) is 5.91 Å². The van der Waals surface area contributed by atoms with Crippen LogP contribution in [0.3, 0.4) is 0 Å².